The average molecular weight is 326 g/mol. The molecule has 0 spiro atoms. The Bertz CT molecular complexity index is 781. The van der Waals surface area contributed by atoms with Gasteiger partial charge in [0.2, 0.25) is 11.8 Å². The molecule has 7 nitrogen and oxygen atoms in total. The largest absolute Gasteiger partial charge is 0.354 e. The van der Waals surface area contributed by atoms with E-state index in [1.54, 1.807) is 36.5 Å². The fourth-order valence-corrected chi connectivity index (χ4v) is 2.02. The third-order valence-corrected chi connectivity index (χ3v) is 3.23. The maximum atomic E-state index is 11.9. The number of hydrogen-bond acceptors (Lipinski definition) is 4. The summed E-state index contributed by atoms with van der Waals surface area (Å²) in [6, 6.07) is 8.64. The quantitative estimate of drug-likeness (QED) is 0.734. The molecule has 0 aliphatic carbocycles. The fourth-order valence-electron chi connectivity index (χ4n) is 2.02. The molecule has 0 aliphatic rings. The molecule has 1 aromatic carbocycles. The van der Waals surface area contributed by atoms with Gasteiger partial charge in [0.05, 0.1) is 6.42 Å². The number of carbonyl (C=O) groups is 2. The molecule has 0 saturated carbocycles. The minimum absolute atomic E-state index is 0.144. The van der Waals surface area contributed by atoms with Gasteiger partial charge in [-0.1, -0.05) is 18.7 Å². The number of anilines is 1. The van der Waals surface area contributed by atoms with Gasteiger partial charge in [-0.05, 0) is 29.8 Å². The second kappa shape index (κ2) is 8.42. The van der Waals surface area contributed by atoms with Crippen molar-refractivity contribution in [1.82, 2.24) is 14.9 Å². The molecule has 2 aromatic rings. The van der Waals surface area contributed by atoms with Crippen molar-refractivity contribution in [3.8, 4) is 0 Å². The van der Waals surface area contributed by atoms with Crippen molar-refractivity contribution in [2.75, 3.05) is 11.9 Å². The number of rotatable bonds is 7. The summed E-state index contributed by atoms with van der Waals surface area (Å²) in [6.45, 7) is 4.09. The zero-order valence-electron chi connectivity index (χ0n) is 13.1. The zero-order chi connectivity index (χ0) is 17.4. The van der Waals surface area contributed by atoms with Crippen LogP contribution >= 0.6 is 0 Å². The van der Waals surface area contributed by atoms with E-state index < -0.39 is 0 Å². The van der Waals surface area contributed by atoms with E-state index in [1.807, 2.05) is 0 Å². The Morgan fingerprint density at radius 1 is 1.25 bits per heavy atom. The van der Waals surface area contributed by atoms with Crippen LogP contribution in [0.15, 0.2) is 60.2 Å². The summed E-state index contributed by atoms with van der Waals surface area (Å²) in [5.41, 5.74) is 1.12. The third kappa shape index (κ3) is 5.20. The van der Waals surface area contributed by atoms with Crippen molar-refractivity contribution in [3.63, 3.8) is 0 Å². The highest BCUT2D eigenvalue weighted by Crippen LogP contribution is 2.10. The summed E-state index contributed by atoms with van der Waals surface area (Å²) < 4.78 is 1.43. The first-order valence-electron chi connectivity index (χ1n) is 7.39. The second-order valence-corrected chi connectivity index (χ2v) is 5.01. The van der Waals surface area contributed by atoms with Crippen molar-refractivity contribution in [2.45, 2.75) is 13.0 Å². The first-order valence-corrected chi connectivity index (χ1v) is 7.39. The Hall–Kier alpha value is -3.22. The number of amides is 2. The Morgan fingerprint density at radius 3 is 2.67 bits per heavy atom. The Morgan fingerprint density at radius 2 is 2.00 bits per heavy atom. The van der Waals surface area contributed by atoms with Gasteiger partial charge in [-0.3, -0.25) is 14.2 Å². The highest BCUT2D eigenvalue weighted by Gasteiger charge is 2.04. The third-order valence-electron chi connectivity index (χ3n) is 3.23. The van der Waals surface area contributed by atoms with Gasteiger partial charge in [0.15, 0.2) is 0 Å². The highest BCUT2D eigenvalue weighted by molar-refractivity contribution is 5.98. The molecule has 0 aliphatic heterocycles. The molecule has 0 unspecified atom stereocenters. The normalized spacial score (nSPS) is 10.0. The van der Waals surface area contributed by atoms with Crippen molar-refractivity contribution in [1.29, 1.82) is 0 Å². The van der Waals surface area contributed by atoms with E-state index >= 15 is 0 Å². The van der Waals surface area contributed by atoms with E-state index in [1.165, 1.54) is 16.8 Å². The van der Waals surface area contributed by atoms with Crippen LogP contribution in [-0.2, 0) is 22.6 Å². The van der Waals surface area contributed by atoms with Crippen LogP contribution in [0.5, 0.6) is 0 Å². The molecular formula is C17H18N4O3. The molecule has 2 amide bonds. The predicted octanol–water partition coefficient (Wildman–Crippen LogP) is 0.727. The van der Waals surface area contributed by atoms with E-state index in [9.17, 15) is 14.4 Å². The SMILES string of the molecule is C=CC(=O)Nc1ccc(CC(=O)NCCn2cccnc2=O)cc1. The number of nitrogens with zero attached hydrogens (tertiary/aromatic N) is 2. The fraction of sp³-hybridized carbons (Fsp3) is 0.176. The van der Waals surface area contributed by atoms with Gasteiger partial charge in [-0.15, -0.1) is 0 Å². The van der Waals surface area contributed by atoms with Crippen LogP contribution in [0.3, 0.4) is 0 Å². The molecule has 0 bridgehead atoms. The van der Waals surface area contributed by atoms with Crippen LogP contribution in [0.4, 0.5) is 5.69 Å². The van der Waals surface area contributed by atoms with Gasteiger partial charge in [-0.25, -0.2) is 9.78 Å². The van der Waals surface area contributed by atoms with Crippen LogP contribution in [0.1, 0.15) is 5.56 Å². The molecule has 0 fully saturated rings. The van der Waals surface area contributed by atoms with E-state index in [-0.39, 0.29) is 23.9 Å². The smallest absolute Gasteiger partial charge is 0.347 e. The van der Waals surface area contributed by atoms with Crippen LogP contribution in [0, 0.1) is 0 Å². The van der Waals surface area contributed by atoms with Gasteiger partial charge in [-0.2, -0.15) is 0 Å². The number of carbonyl (C=O) groups excluding carboxylic acids is 2. The number of nitrogens with one attached hydrogen (secondary N) is 2. The summed E-state index contributed by atoms with van der Waals surface area (Å²) in [4.78, 5) is 38.1. The molecule has 1 aromatic heterocycles. The average Bonchev–Trinajstić information content (AvgIpc) is 2.58. The van der Waals surface area contributed by atoms with Crippen LogP contribution in [0.2, 0.25) is 0 Å². The maximum Gasteiger partial charge on any atom is 0.347 e. The molecule has 0 saturated heterocycles. The lowest BCUT2D eigenvalue weighted by molar-refractivity contribution is -0.120. The molecule has 124 valence electrons. The van der Waals surface area contributed by atoms with Crippen molar-refractivity contribution < 1.29 is 9.59 Å². The molecule has 7 heteroatoms. The van der Waals surface area contributed by atoms with E-state index in [2.05, 4.69) is 22.2 Å². The van der Waals surface area contributed by atoms with E-state index in [0.717, 1.165) is 5.56 Å². The molecule has 1 heterocycles. The van der Waals surface area contributed by atoms with E-state index in [4.69, 9.17) is 0 Å². The Labute approximate surface area is 139 Å². The van der Waals surface area contributed by atoms with Gasteiger partial charge in [0, 0.05) is 31.2 Å². The first kappa shape index (κ1) is 17.1. The van der Waals surface area contributed by atoms with Crippen LogP contribution in [-0.4, -0.2) is 27.9 Å². The van der Waals surface area contributed by atoms with Gasteiger partial charge < -0.3 is 10.6 Å². The lowest BCUT2D eigenvalue weighted by Gasteiger charge is -2.08. The maximum absolute atomic E-state index is 11.9. The zero-order valence-corrected chi connectivity index (χ0v) is 13.1. The molecule has 2 N–H and O–H groups in total. The summed E-state index contributed by atoms with van der Waals surface area (Å²) in [5.74, 6) is -0.430. The molecular weight excluding hydrogens is 308 g/mol. The summed E-state index contributed by atoms with van der Waals surface area (Å²) in [6.07, 6.45) is 4.46. The second-order valence-electron chi connectivity index (χ2n) is 5.01. The summed E-state index contributed by atoms with van der Waals surface area (Å²) in [7, 11) is 0. The van der Waals surface area contributed by atoms with Gasteiger partial charge >= 0.3 is 5.69 Å². The Kier molecular flexibility index (Phi) is 6.01. The summed E-state index contributed by atoms with van der Waals surface area (Å²) >= 11 is 0. The Balaban J connectivity index is 1.80. The molecule has 24 heavy (non-hydrogen) atoms. The minimum atomic E-state index is -0.344. The number of aromatic nitrogens is 2. The van der Waals surface area contributed by atoms with Crippen LogP contribution in [0.25, 0.3) is 0 Å². The lowest BCUT2D eigenvalue weighted by atomic mass is 10.1. The van der Waals surface area contributed by atoms with Gasteiger partial charge in [0.1, 0.15) is 0 Å². The molecule has 2 rings (SSSR count). The standard InChI is InChI=1S/C17H18N4O3/c1-2-15(22)20-14-6-4-13(5-7-14)12-16(23)18-9-11-21-10-3-8-19-17(21)24/h2-8,10H,1,9,11-12H2,(H,18,23)(H,20,22). The molecule has 0 radical (unpaired) electrons. The number of hydrogen-bond donors (Lipinski definition) is 2. The summed E-state index contributed by atoms with van der Waals surface area (Å²) in [5, 5.41) is 5.39. The lowest BCUT2D eigenvalue weighted by Crippen LogP contribution is -2.32. The van der Waals surface area contributed by atoms with Crippen molar-refractivity contribution >= 4 is 17.5 Å². The van der Waals surface area contributed by atoms with E-state index in [0.29, 0.717) is 18.8 Å². The highest BCUT2D eigenvalue weighted by atomic mass is 16.2. The first-order chi connectivity index (χ1) is 11.6. The number of benzene rings is 1. The minimum Gasteiger partial charge on any atom is -0.354 e. The molecule has 0 atom stereocenters. The van der Waals surface area contributed by atoms with Gasteiger partial charge in [0.25, 0.3) is 0 Å². The monoisotopic (exact) mass is 326 g/mol. The topological polar surface area (TPSA) is 93.1 Å². The van der Waals surface area contributed by atoms with Crippen molar-refractivity contribution in [3.05, 3.63) is 71.4 Å². The predicted molar refractivity (Wildman–Crippen MR) is 90.5 cm³/mol. The van der Waals surface area contributed by atoms with Crippen LogP contribution < -0.4 is 16.3 Å². The van der Waals surface area contributed by atoms with Crippen molar-refractivity contribution in [2.24, 2.45) is 0 Å².